The van der Waals surface area contributed by atoms with Gasteiger partial charge < -0.3 is 10.1 Å². The van der Waals surface area contributed by atoms with Crippen molar-refractivity contribution >= 4 is 11.5 Å². The standard InChI is InChI=1S/C13H12FN3O3/c1-15-13-7-9(17(18)19)6-11(16-13)10-5-8(14)3-4-12(10)20-2/h3-7H,1-2H3,(H,15,16). The molecular formula is C13H12FN3O3. The number of nitro groups is 1. The highest BCUT2D eigenvalue weighted by atomic mass is 19.1. The van der Waals surface area contributed by atoms with Gasteiger partial charge in [0.05, 0.1) is 23.8 Å². The van der Waals surface area contributed by atoms with Crippen molar-refractivity contribution in [3.8, 4) is 17.0 Å². The van der Waals surface area contributed by atoms with E-state index in [4.69, 9.17) is 4.74 Å². The minimum atomic E-state index is -0.530. The SMILES string of the molecule is CNc1cc([N+](=O)[O-])cc(-c2cc(F)ccc2OC)n1. The third-order valence-electron chi connectivity index (χ3n) is 2.71. The second kappa shape index (κ2) is 5.52. The van der Waals surface area contributed by atoms with Crippen molar-refractivity contribution < 1.29 is 14.1 Å². The Bertz CT molecular complexity index is 661. The number of anilines is 1. The topological polar surface area (TPSA) is 77.3 Å². The van der Waals surface area contributed by atoms with Gasteiger partial charge in [0, 0.05) is 18.7 Å². The van der Waals surface area contributed by atoms with Gasteiger partial charge in [-0.25, -0.2) is 9.37 Å². The van der Waals surface area contributed by atoms with Gasteiger partial charge in [-0.1, -0.05) is 0 Å². The van der Waals surface area contributed by atoms with Crippen LogP contribution in [0.25, 0.3) is 11.3 Å². The van der Waals surface area contributed by atoms with Crippen LogP contribution in [-0.4, -0.2) is 24.1 Å². The van der Waals surface area contributed by atoms with Crippen LogP contribution in [0.15, 0.2) is 30.3 Å². The molecule has 0 saturated heterocycles. The largest absolute Gasteiger partial charge is 0.496 e. The molecule has 0 spiro atoms. The fourth-order valence-electron chi connectivity index (χ4n) is 1.77. The van der Waals surface area contributed by atoms with E-state index in [9.17, 15) is 14.5 Å². The van der Waals surface area contributed by atoms with Gasteiger partial charge in [0.2, 0.25) is 0 Å². The molecule has 0 amide bonds. The molecule has 0 aliphatic rings. The van der Waals surface area contributed by atoms with E-state index in [0.717, 1.165) is 0 Å². The van der Waals surface area contributed by atoms with E-state index in [1.807, 2.05) is 0 Å². The molecule has 2 rings (SSSR count). The van der Waals surface area contributed by atoms with E-state index in [1.165, 1.54) is 37.4 Å². The number of methoxy groups -OCH3 is 1. The summed E-state index contributed by atoms with van der Waals surface area (Å²) >= 11 is 0. The normalized spacial score (nSPS) is 10.2. The quantitative estimate of drug-likeness (QED) is 0.686. The number of halogens is 1. The Morgan fingerprint density at radius 2 is 2.10 bits per heavy atom. The number of rotatable bonds is 4. The molecule has 1 N–H and O–H groups in total. The van der Waals surface area contributed by atoms with Crippen molar-refractivity contribution in [2.24, 2.45) is 0 Å². The molecule has 0 fully saturated rings. The van der Waals surface area contributed by atoms with Crippen LogP contribution in [0, 0.1) is 15.9 Å². The van der Waals surface area contributed by atoms with Crippen LogP contribution in [0.2, 0.25) is 0 Å². The Morgan fingerprint density at radius 3 is 2.70 bits per heavy atom. The number of pyridine rings is 1. The number of benzene rings is 1. The van der Waals surface area contributed by atoms with Crippen molar-refractivity contribution in [3.63, 3.8) is 0 Å². The maximum atomic E-state index is 13.4. The third-order valence-corrected chi connectivity index (χ3v) is 2.71. The Hall–Kier alpha value is -2.70. The Morgan fingerprint density at radius 1 is 1.35 bits per heavy atom. The van der Waals surface area contributed by atoms with Gasteiger partial charge in [0.1, 0.15) is 17.4 Å². The third kappa shape index (κ3) is 2.66. The summed E-state index contributed by atoms with van der Waals surface area (Å²) in [5.41, 5.74) is 0.485. The molecule has 0 aliphatic heterocycles. The lowest BCUT2D eigenvalue weighted by Crippen LogP contribution is -1.99. The number of nitrogens with zero attached hydrogens (tertiary/aromatic N) is 2. The summed E-state index contributed by atoms with van der Waals surface area (Å²) in [6, 6.07) is 6.50. The van der Waals surface area contributed by atoms with Crippen molar-refractivity contribution in [2.75, 3.05) is 19.5 Å². The van der Waals surface area contributed by atoms with Gasteiger partial charge in [-0.15, -0.1) is 0 Å². The maximum absolute atomic E-state index is 13.4. The highest BCUT2D eigenvalue weighted by molar-refractivity contribution is 5.71. The number of hydrogen-bond donors (Lipinski definition) is 1. The minimum Gasteiger partial charge on any atom is -0.496 e. The number of hydrogen-bond acceptors (Lipinski definition) is 5. The molecule has 6 nitrogen and oxygen atoms in total. The molecule has 1 aromatic heterocycles. The van der Waals surface area contributed by atoms with Crippen LogP contribution in [0.1, 0.15) is 0 Å². The zero-order valence-corrected chi connectivity index (χ0v) is 10.9. The monoisotopic (exact) mass is 277 g/mol. The predicted octanol–water partition coefficient (Wildman–Crippen LogP) is 2.85. The molecule has 7 heteroatoms. The first kappa shape index (κ1) is 13.7. The number of ether oxygens (including phenoxy) is 1. The summed E-state index contributed by atoms with van der Waals surface area (Å²) in [6.07, 6.45) is 0. The lowest BCUT2D eigenvalue weighted by atomic mass is 10.1. The summed E-state index contributed by atoms with van der Waals surface area (Å²) in [6.45, 7) is 0. The van der Waals surface area contributed by atoms with Crippen LogP contribution in [-0.2, 0) is 0 Å². The first-order valence-corrected chi connectivity index (χ1v) is 5.73. The molecule has 2 aromatic rings. The molecule has 0 unspecified atom stereocenters. The highest BCUT2D eigenvalue weighted by Gasteiger charge is 2.15. The number of aromatic nitrogens is 1. The lowest BCUT2D eigenvalue weighted by Gasteiger charge is -2.09. The summed E-state index contributed by atoms with van der Waals surface area (Å²) in [5, 5.41) is 13.7. The van der Waals surface area contributed by atoms with Crippen molar-refractivity contribution in [3.05, 3.63) is 46.3 Å². The fraction of sp³-hybridized carbons (Fsp3) is 0.154. The number of nitrogens with one attached hydrogen (secondary N) is 1. The van der Waals surface area contributed by atoms with Gasteiger partial charge >= 0.3 is 0 Å². The van der Waals surface area contributed by atoms with Crippen molar-refractivity contribution in [2.45, 2.75) is 0 Å². The van der Waals surface area contributed by atoms with E-state index >= 15 is 0 Å². The summed E-state index contributed by atoms with van der Waals surface area (Å²) < 4.78 is 18.5. The Balaban J connectivity index is 2.65. The van der Waals surface area contributed by atoms with E-state index in [0.29, 0.717) is 17.1 Å². The average Bonchev–Trinajstić information content (AvgIpc) is 2.46. The molecule has 1 aromatic carbocycles. The molecular weight excluding hydrogens is 265 g/mol. The van der Waals surface area contributed by atoms with E-state index < -0.39 is 10.7 Å². The van der Waals surface area contributed by atoms with E-state index in [2.05, 4.69) is 10.3 Å². The van der Waals surface area contributed by atoms with Crippen LogP contribution >= 0.6 is 0 Å². The first-order chi connectivity index (χ1) is 9.55. The fourth-order valence-corrected chi connectivity index (χ4v) is 1.77. The maximum Gasteiger partial charge on any atom is 0.275 e. The molecule has 0 saturated carbocycles. The zero-order chi connectivity index (χ0) is 14.7. The highest BCUT2D eigenvalue weighted by Crippen LogP contribution is 2.32. The molecule has 0 atom stereocenters. The predicted molar refractivity (Wildman–Crippen MR) is 72.4 cm³/mol. The summed E-state index contributed by atoms with van der Waals surface area (Å²) in [4.78, 5) is 14.6. The van der Waals surface area contributed by atoms with Gasteiger partial charge in [0.25, 0.3) is 5.69 Å². The van der Waals surface area contributed by atoms with E-state index in [1.54, 1.807) is 7.05 Å². The molecule has 0 aliphatic carbocycles. The first-order valence-electron chi connectivity index (χ1n) is 5.73. The minimum absolute atomic E-state index is 0.134. The zero-order valence-electron chi connectivity index (χ0n) is 10.9. The van der Waals surface area contributed by atoms with Crippen LogP contribution in [0.3, 0.4) is 0 Å². The van der Waals surface area contributed by atoms with Crippen molar-refractivity contribution in [1.29, 1.82) is 0 Å². The lowest BCUT2D eigenvalue weighted by molar-refractivity contribution is -0.384. The summed E-state index contributed by atoms with van der Waals surface area (Å²) in [5.74, 6) is 0.238. The van der Waals surface area contributed by atoms with Gasteiger partial charge in [-0.3, -0.25) is 10.1 Å². The van der Waals surface area contributed by atoms with E-state index in [-0.39, 0.29) is 11.4 Å². The summed E-state index contributed by atoms with van der Waals surface area (Å²) in [7, 11) is 3.03. The molecule has 0 bridgehead atoms. The molecule has 1 heterocycles. The Labute approximate surface area is 114 Å². The second-order valence-corrected chi connectivity index (χ2v) is 3.95. The van der Waals surface area contributed by atoms with Gasteiger partial charge in [0.15, 0.2) is 0 Å². The second-order valence-electron chi connectivity index (χ2n) is 3.95. The average molecular weight is 277 g/mol. The molecule has 0 radical (unpaired) electrons. The van der Waals surface area contributed by atoms with Gasteiger partial charge in [-0.05, 0) is 18.2 Å². The molecule has 104 valence electrons. The van der Waals surface area contributed by atoms with Crippen LogP contribution in [0.4, 0.5) is 15.9 Å². The van der Waals surface area contributed by atoms with Crippen molar-refractivity contribution in [1.82, 2.24) is 4.98 Å². The van der Waals surface area contributed by atoms with Crippen LogP contribution < -0.4 is 10.1 Å². The van der Waals surface area contributed by atoms with Gasteiger partial charge in [-0.2, -0.15) is 0 Å². The smallest absolute Gasteiger partial charge is 0.275 e. The van der Waals surface area contributed by atoms with Crippen LogP contribution in [0.5, 0.6) is 5.75 Å². The Kier molecular flexibility index (Phi) is 3.79. The molecule has 20 heavy (non-hydrogen) atoms.